The minimum atomic E-state index is -0.348. The Kier molecular flexibility index (Phi) is 3.77. The molecule has 4 heteroatoms. The van der Waals surface area contributed by atoms with Crippen molar-refractivity contribution in [2.45, 2.75) is 13.5 Å². The van der Waals surface area contributed by atoms with Crippen LogP contribution < -0.4 is 10.1 Å². The third kappa shape index (κ3) is 2.97. The molecular formula is C14H15FN2O. The van der Waals surface area contributed by atoms with E-state index in [2.05, 4.69) is 10.3 Å². The lowest BCUT2D eigenvalue weighted by Crippen LogP contribution is -2.01. The molecule has 0 saturated carbocycles. The van der Waals surface area contributed by atoms with Gasteiger partial charge in [0.25, 0.3) is 0 Å². The molecule has 0 radical (unpaired) electrons. The van der Waals surface area contributed by atoms with Crippen LogP contribution in [0, 0.1) is 12.7 Å². The van der Waals surface area contributed by atoms with Gasteiger partial charge in [-0.2, -0.15) is 0 Å². The van der Waals surface area contributed by atoms with Gasteiger partial charge in [0.15, 0.2) is 11.6 Å². The number of ether oxygens (including phenoxy) is 1. The van der Waals surface area contributed by atoms with E-state index < -0.39 is 0 Å². The highest BCUT2D eigenvalue weighted by molar-refractivity contribution is 5.43. The molecule has 0 aliphatic carbocycles. The normalized spacial score (nSPS) is 10.2. The summed E-state index contributed by atoms with van der Waals surface area (Å²) in [6, 6.07) is 6.92. The molecule has 0 saturated heterocycles. The van der Waals surface area contributed by atoms with Gasteiger partial charge >= 0.3 is 0 Å². The van der Waals surface area contributed by atoms with Gasteiger partial charge in [0.05, 0.1) is 12.8 Å². The van der Waals surface area contributed by atoms with Gasteiger partial charge in [0, 0.05) is 18.9 Å². The first-order valence-corrected chi connectivity index (χ1v) is 5.67. The van der Waals surface area contributed by atoms with Crippen molar-refractivity contribution in [1.29, 1.82) is 0 Å². The number of aryl methyl sites for hydroxylation is 1. The highest BCUT2D eigenvalue weighted by Gasteiger charge is 2.03. The van der Waals surface area contributed by atoms with Crippen molar-refractivity contribution < 1.29 is 9.13 Å². The van der Waals surface area contributed by atoms with Gasteiger partial charge < -0.3 is 10.1 Å². The number of methoxy groups -OCH3 is 1. The Morgan fingerprint density at radius 1 is 1.28 bits per heavy atom. The standard InChI is InChI=1S/C14H15FN2O/c1-10-5-12(9-16-7-10)17-8-11-3-4-14(18-2)13(15)6-11/h3-7,9,17H,8H2,1-2H3. The molecule has 0 spiro atoms. The van der Waals surface area contributed by atoms with Crippen LogP contribution in [0.4, 0.5) is 10.1 Å². The Morgan fingerprint density at radius 3 is 2.78 bits per heavy atom. The lowest BCUT2D eigenvalue weighted by molar-refractivity contribution is 0.386. The molecule has 1 aromatic carbocycles. The average Bonchev–Trinajstić information content (AvgIpc) is 2.37. The fourth-order valence-corrected chi connectivity index (χ4v) is 1.68. The average molecular weight is 246 g/mol. The predicted molar refractivity (Wildman–Crippen MR) is 69.3 cm³/mol. The molecule has 0 atom stereocenters. The third-order valence-electron chi connectivity index (χ3n) is 2.59. The topological polar surface area (TPSA) is 34.1 Å². The SMILES string of the molecule is COc1ccc(CNc2cncc(C)c2)cc1F. The van der Waals surface area contributed by atoms with Crippen LogP contribution in [-0.4, -0.2) is 12.1 Å². The van der Waals surface area contributed by atoms with E-state index in [1.54, 1.807) is 18.5 Å². The Bertz CT molecular complexity index is 543. The quantitative estimate of drug-likeness (QED) is 0.899. The van der Waals surface area contributed by atoms with Gasteiger partial charge in [0.2, 0.25) is 0 Å². The predicted octanol–water partition coefficient (Wildman–Crippen LogP) is 3.15. The second-order valence-corrected chi connectivity index (χ2v) is 4.07. The zero-order chi connectivity index (χ0) is 13.0. The van der Waals surface area contributed by atoms with E-state index in [9.17, 15) is 4.39 Å². The van der Waals surface area contributed by atoms with E-state index in [1.165, 1.54) is 13.2 Å². The molecule has 0 bridgehead atoms. The summed E-state index contributed by atoms with van der Waals surface area (Å²) in [6.45, 7) is 2.53. The molecule has 0 amide bonds. The Balaban J connectivity index is 2.04. The molecule has 3 nitrogen and oxygen atoms in total. The lowest BCUT2D eigenvalue weighted by Gasteiger charge is -2.08. The van der Waals surface area contributed by atoms with Gasteiger partial charge in [-0.15, -0.1) is 0 Å². The van der Waals surface area contributed by atoms with Crippen LogP contribution in [0.15, 0.2) is 36.7 Å². The molecule has 1 aromatic heterocycles. The fraction of sp³-hybridized carbons (Fsp3) is 0.214. The number of hydrogen-bond acceptors (Lipinski definition) is 3. The van der Waals surface area contributed by atoms with Gasteiger partial charge in [0.1, 0.15) is 0 Å². The molecule has 0 fully saturated rings. The fourth-order valence-electron chi connectivity index (χ4n) is 1.68. The number of nitrogens with one attached hydrogen (secondary N) is 1. The minimum absolute atomic E-state index is 0.260. The van der Waals surface area contributed by atoms with Crippen LogP contribution in [0.5, 0.6) is 5.75 Å². The monoisotopic (exact) mass is 246 g/mol. The summed E-state index contributed by atoms with van der Waals surface area (Å²) in [5.74, 6) is -0.0878. The van der Waals surface area contributed by atoms with E-state index in [1.807, 2.05) is 19.1 Å². The maximum absolute atomic E-state index is 13.5. The van der Waals surface area contributed by atoms with E-state index in [4.69, 9.17) is 4.74 Å². The van der Waals surface area contributed by atoms with Crippen LogP contribution in [-0.2, 0) is 6.54 Å². The Morgan fingerprint density at radius 2 is 2.11 bits per heavy atom. The third-order valence-corrected chi connectivity index (χ3v) is 2.59. The van der Waals surface area contributed by atoms with Crippen molar-refractivity contribution in [2.75, 3.05) is 12.4 Å². The molecule has 2 rings (SSSR count). The van der Waals surface area contributed by atoms with E-state index in [0.717, 1.165) is 16.8 Å². The smallest absolute Gasteiger partial charge is 0.165 e. The second-order valence-electron chi connectivity index (χ2n) is 4.07. The van der Waals surface area contributed by atoms with Gasteiger partial charge in [-0.25, -0.2) is 4.39 Å². The van der Waals surface area contributed by atoms with Crippen LogP contribution >= 0.6 is 0 Å². The molecule has 94 valence electrons. The number of halogens is 1. The highest BCUT2D eigenvalue weighted by Crippen LogP contribution is 2.18. The summed E-state index contributed by atoms with van der Waals surface area (Å²) in [7, 11) is 1.45. The second kappa shape index (κ2) is 5.49. The molecular weight excluding hydrogens is 231 g/mol. The first-order chi connectivity index (χ1) is 8.69. The van der Waals surface area contributed by atoms with E-state index in [-0.39, 0.29) is 11.6 Å². The number of hydrogen-bond donors (Lipinski definition) is 1. The summed E-state index contributed by atoms with van der Waals surface area (Å²) in [5, 5.41) is 3.20. The van der Waals surface area contributed by atoms with E-state index in [0.29, 0.717) is 6.54 Å². The number of nitrogens with zero attached hydrogens (tertiary/aromatic N) is 1. The lowest BCUT2D eigenvalue weighted by atomic mass is 10.2. The van der Waals surface area contributed by atoms with Crippen molar-refractivity contribution >= 4 is 5.69 Å². The Labute approximate surface area is 106 Å². The number of benzene rings is 1. The summed E-state index contributed by atoms with van der Waals surface area (Å²) in [6.07, 6.45) is 3.53. The Hall–Kier alpha value is -2.10. The molecule has 1 heterocycles. The van der Waals surface area contributed by atoms with Crippen LogP contribution in [0.3, 0.4) is 0 Å². The summed E-state index contributed by atoms with van der Waals surface area (Å²) in [4.78, 5) is 4.08. The molecule has 1 N–H and O–H groups in total. The first-order valence-electron chi connectivity index (χ1n) is 5.67. The number of aromatic nitrogens is 1. The molecule has 2 aromatic rings. The van der Waals surface area contributed by atoms with Crippen LogP contribution in [0.2, 0.25) is 0 Å². The minimum Gasteiger partial charge on any atom is -0.494 e. The van der Waals surface area contributed by atoms with Crippen LogP contribution in [0.25, 0.3) is 0 Å². The van der Waals surface area contributed by atoms with Gasteiger partial charge in [-0.1, -0.05) is 6.07 Å². The van der Waals surface area contributed by atoms with Gasteiger partial charge in [-0.05, 0) is 36.2 Å². The van der Waals surface area contributed by atoms with Crippen molar-refractivity contribution in [3.8, 4) is 5.75 Å². The molecule has 0 aliphatic heterocycles. The summed E-state index contributed by atoms with van der Waals surface area (Å²) < 4.78 is 18.3. The molecule has 18 heavy (non-hydrogen) atoms. The zero-order valence-electron chi connectivity index (χ0n) is 10.4. The zero-order valence-corrected chi connectivity index (χ0v) is 10.4. The van der Waals surface area contributed by atoms with E-state index >= 15 is 0 Å². The van der Waals surface area contributed by atoms with Gasteiger partial charge in [-0.3, -0.25) is 4.98 Å². The number of rotatable bonds is 4. The van der Waals surface area contributed by atoms with Crippen molar-refractivity contribution in [3.05, 3.63) is 53.6 Å². The maximum atomic E-state index is 13.5. The van der Waals surface area contributed by atoms with Crippen LogP contribution in [0.1, 0.15) is 11.1 Å². The molecule has 0 unspecified atom stereocenters. The maximum Gasteiger partial charge on any atom is 0.165 e. The largest absolute Gasteiger partial charge is 0.494 e. The van der Waals surface area contributed by atoms with Crippen molar-refractivity contribution in [3.63, 3.8) is 0 Å². The first kappa shape index (κ1) is 12.4. The summed E-state index contributed by atoms with van der Waals surface area (Å²) >= 11 is 0. The highest BCUT2D eigenvalue weighted by atomic mass is 19.1. The summed E-state index contributed by atoms with van der Waals surface area (Å²) in [5.41, 5.74) is 2.86. The van der Waals surface area contributed by atoms with Crippen molar-refractivity contribution in [1.82, 2.24) is 4.98 Å². The van der Waals surface area contributed by atoms with Crippen molar-refractivity contribution in [2.24, 2.45) is 0 Å². The number of anilines is 1. The molecule has 0 aliphatic rings. The number of pyridine rings is 1.